The van der Waals surface area contributed by atoms with Crippen molar-refractivity contribution in [3.05, 3.63) is 41.2 Å². The van der Waals surface area contributed by atoms with Crippen molar-refractivity contribution in [1.29, 1.82) is 5.26 Å². The lowest BCUT2D eigenvalue weighted by atomic mass is 10.1. The summed E-state index contributed by atoms with van der Waals surface area (Å²) < 4.78 is 0. The normalized spacial score (nSPS) is 10.5. The molecule has 0 fully saturated rings. The topological polar surface area (TPSA) is 54.5 Å². The predicted octanol–water partition coefficient (Wildman–Crippen LogP) is 2.57. The molecule has 0 bridgehead atoms. The molecule has 0 saturated carbocycles. The number of aryl methyl sites for hydroxylation is 1. The van der Waals surface area contributed by atoms with Crippen molar-refractivity contribution in [2.24, 2.45) is 0 Å². The minimum Gasteiger partial charge on any atom is -0.192 e. The Kier molecular flexibility index (Phi) is 2.92. The first-order chi connectivity index (χ1) is 8.13. The molecule has 1 aromatic carbocycles. The molecule has 2 rings (SSSR count). The standard InChI is InChI=1S/C13H14N4/c1-9(2)12-8-15-17(16-12)13-10(3)5-4-6-11(13)7-14/h4-6,8-9H,1-3H3. The Labute approximate surface area is 101 Å². The van der Waals surface area contributed by atoms with Gasteiger partial charge in [0.1, 0.15) is 11.8 Å². The highest BCUT2D eigenvalue weighted by atomic mass is 15.5. The summed E-state index contributed by atoms with van der Waals surface area (Å²) in [5, 5.41) is 17.7. The van der Waals surface area contributed by atoms with Crippen molar-refractivity contribution in [3.63, 3.8) is 0 Å². The van der Waals surface area contributed by atoms with E-state index in [-0.39, 0.29) is 0 Å². The van der Waals surface area contributed by atoms with Crippen LogP contribution in [0.3, 0.4) is 0 Å². The highest BCUT2D eigenvalue weighted by Gasteiger charge is 2.11. The molecule has 0 radical (unpaired) electrons. The molecular weight excluding hydrogens is 212 g/mol. The van der Waals surface area contributed by atoms with Crippen LogP contribution in [0.2, 0.25) is 0 Å². The van der Waals surface area contributed by atoms with Crippen molar-refractivity contribution in [2.45, 2.75) is 26.7 Å². The number of benzene rings is 1. The molecule has 4 heteroatoms. The smallest absolute Gasteiger partial charge is 0.106 e. The molecule has 0 aliphatic heterocycles. The van der Waals surface area contributed by atoms with E-state index >= 15 is 0 Å². The van der Waals surface area contributed by atoms with Gasteiger partial charge in [-0.3, -0.25) is 0 Å². The molecule has 0 amide bonds. The highest BCUT2D eigenvalue weighted by molar-refractivity contribution is 5.52. The maximum atomic E-state index is 9.10. The van der Waals surface area contributed by atoms with Gasteiger partial charge in [0.25, 0.3) is 0 Å². The molecule has 4 nitrogen and oxygen atoms in total. The summed E-state index contributed by atoms with van der Waals surface area (Å²) in [6.07, 6.45) is 1.75. The summed E-state index contributed by atoms with van der Waals surface area (Å²) in [7, 11) is 0. The van der Waals surface area contributed by atoms with Crippen LogP contribution in [0.4, 0.5) is 0 Å². The third kappa shape index (κ3) is 2.04. The van der Waals surface area contributed by atoms with Gasteiger partial charge in [-0.2, -0.15) is 15.5 Å². The van der Waals surface area contributed by atoms with Crippen LogP contribution in [0.25, 0.3) is 5.69 Å². The molecule has 0 unspecified atom stereocenters. The summed E-state index contributed by atoms with van der Waals surface area (Å²) in [5.74, 6) is 0.332. The summed E-state index contributed by atoms with van der Waals surface area (Å²) in [6.45, 7) is 6.09. The van der Waals surface area contributed by atoms with Crippen LogP contribution in [0.1, 0.15) is 36.6 Å². The highest BCUT2D eigenvalue weighted by Crippen LogP contribution is 2.18. The number of nitrogens with zero attached hydrogens (tertiary/aromatic N) is 4. The van der Waals surface area contributed by atoms with Crippen LogP contribution in [-0.4, -0.2) is 15.0 Å². The zero-order valence-corrected chi connectivity index (χ0v) is 10.2. The minimum atomic E-state index is 0.332. The van der Waals surface area contributed by atoms with Crippen molar-refractivity contribution in [3.8, 4) is 11.8 Å². The van der Waals surface area contributed by atoms with E-state index in [1.807, 2.05) is 19.1 Å². The Balaban J connectivity index is 2.56. The fraction of sp³-hybridized carbons (Fsp3) is 0.308. The fourth-order valence-electron chi connectivity index (χ4n) is 1.66. The van der Waals surface area contributed by atoms with Gasteiger partial charge in [0, 0.05) is 0 Å². The van der Waals surface area contributed by atoms with Crippen LogP contribution in [0, 0.1) is 18.3 Å². The molecule has 1 aromatic heterocycles. The van der Waals surface area contributed by atoms with Gasteiger partial charge in [-0.15, -0.1) is 4.80 Å². The number of rotatable bonds is 2. The van der Waals surface area contributed by atoms with Crippen molar-refractivity contribution in [2.75, 3.05) is 0 Å². The summed E-state index contributed by atoms with van der Waals surface area (Å²) in [6, 6.07) is 7.77. The SMILES string of the molecule is Cc1cccc(C#N)c1-n1ncc(C(C)C)n1. The number of hydrogen-bond acceptors (Lipinski definition) is 3. The van der Waals surface area contributed by atoms with Crippen LogP contribution >= 0.6 is 0 Å². The lowest BCUT2D eigenvalue weighted by Gasteiger charge is -2.06. The number of hydrogen-bond donors (Lipinski definition) is 0. The van der Waals surface area contributed by atoms with Gasteiger partial charge < -0.3 is 0 Å². The Morgan fingerprint density at radius 3 is 2.71 bits per heavy atom. The number of para-hydroxylation sites is 1. The second-order valence-electron chi connectivity index (χ2n) is 4.30. The summed E-state index contributed by atoms with van der Waals surface area (Å²) in [4.78, 5) is 1.54. The monoisotopic (exact) mass is 226 g/mol. The predicted molar refractivity (Wildman–Crippen MR) is 64.9 cm³/mol. The van der Waals surface area contributed by atoms with E-state index in [1.165, 1.54) is 0 Å². The molecule has 0 saturated heterocycles. The van der Waals surface area contributed by atoms with Crippen LogP contribution in [-0.2, 0) is 0 Å². The Morgan fingerprint density at radius 2 is 2.12 bits per heavy atom. The van der Waals surface area contributed by atoms with Gasteiger partial charge >= 0.3 is 0 Å². The molecule has 0 aliphatic carbocycles. The largest absolute Gasteiger partial charge is 0.192 e. The lowest BCUT2D eigenvalue weighted by molar-refractivity contribution is 0.713. The first-order valence-corrected chi connectivity index (χ1v) is 5.56. The van der Waals surface area contributed by atoms with Crippen LogP contribution in [0.5, 0.6) is 0 Å². The minimum absolute atomic E-state index is 0.332. The number of aromatic nitrogens is 3. The molecule has 0 spiro atoms. The van der Waals surface area contributed by atoms with Gasteiger partial charge in [0.2, 0.25) is 0 Å². The Bertz CT molecular complexity index is 575. The molecule has 1 heterocycles. The van der Waals surface area contributed by atoms with E-state index < -0.39 is 0 Å². The third-order valence-corrected chi connectivity index (χ3v) is 2.66. The van der Waals surface area contributed by atoms with Gasteiger partial charge in [-0.05, 0) is 24.5 Å². The van der Waals surface area contributed by atoms with Crippen molar-refractivity contribution >= 4 is 0 Å². The third-order valence-electron chi connectivity index (χ3n) is 2.66. The first kappa shape index (κ1) is 11.3. The van der Waals surface area contributed by atoms with E-state index in [1.54, 1.807) is 17.1 Å². The summed E-state index contributed by atoms with van der Waals surface area (Å²) >= 11 is 0. The van der Waals surface area contributed by atoms with E-state index in [0.29, 0.717) is 11.5 Å². The average Bonchev–Trinajstić information content (AvgIpc) is 2.77. The van der Waals surface area contributed by atoms with Gasteiger partial charge in [0.05, 0.1) is 17.5 Å². The second-order valence-corrected chi connectivity index (χ2v) is 4.30. The quantitative estimate of drug-likeness (QED) is 0.790. The van der Waals surface area contributed by atoms with Gasteiger partial charge in [-0.25, -0.2) is 0 Å². The molecule has 0 aliphatic rings. The fourth-order valence-corrected chi connectivity index (χ4v) is 1.66. The van der Waals surface area contributed by atoms with Crippen molar-refractivity contribution < 1.29 is 0 Å². The van der Waals surface area contributed by atoms with E-state index in [4.69, 9.17) is 5.26 Å². The van der Waals surface area contributed by atoms with E-state index in [9.17, 15) is 0 Å². The second kappa shape index (κ2) is 4.38. The zero-order chi connectivity index (χ0) is 12.4. The average molecular weight is 226 g/mol. The zero-order valence-electron chi connectivity index (χ0n) is 10.2. The van der Waals surface area contributed by atoms with Crippen molar-refractivity contribution in [1.82, 2.24) is 15.0 Å². The van der Waals surface area contributed by atoms with Gasteiger partial charge in [0.15, 0.2) is 0 Å². The van der Waals surface area contributed by atoms with Crippen LogP contribution < -0.4 is 0 Å². The summed E-state index contributed by atoms with van der Waals surface area (Å²) in [5.41, 5.74) is 3.28. The van der Waals surface area contributed by atoms with E-state index in [2.05, 4.69) is 30.1 Å². The maximum absolute atomic E-state index is 9.10. The molecule has 17 heavy (non-hydrogen) atoms. The Hall–Kier alpha value is -2.15. The number of nitriles is 1. The Morgan fingerprint density at radius 1 is 1.35 bits per heavy atom. The molecule has 0 atom stereocenters. The molecule has 0 N–H and O–H groups in total. The maximum Gasteiger partial charge on any atom is 0.106 e. The molecular formula is C13H14N4. The lowest BCUT2D eigenvalue weighted by Crippen LogP contribution is -2.04. The molecule has 86 valence electrons. The van der Waals surface area contributed by atoms with Gasteiger partial charge in [-0.1, -0.05) is 26.0 Å². The van der Waals surface area contributed by atoms with Crippen LogP contribution in [0.15, 0.2) is 24.4 Å². The first-order valence-electron chi connectivity index (χ1n) is 5.56. The molecule has 2 aromatic rings. The van der Waals surface area contributed by atoms with E-state index in [0.717, 1.165) is 16.9 Å².